The van der Waals surface area contributed by atoms with Gasteiger partial charge in [-0.2, -0.15) is 0 Å². The van der Waals surface area contributed by atoms with E-state index < -0.39 is 23.9 Å². The monoisotopic (exact) mass is 412 g/mol. The second kappa shape index (κ2) is 9.82. The topological polar surface area (TPSA) is 130 Å². The van der Waals surface area contributed by atoms with Crippen LogP contribution in [0, 0.1) is 12.8 Å². The molecule has 0 bridgehead atoms. The number of carbonyl (C=O) groups excluding carboxylic acids is 4. The Balaban J connectivity index is 1.70. The largest absolute Gasteiger partial charge is 0.361 e. The molecule has 3 atom stereocenters. The van der Waals surface area contributed by atoms with Crippen molar-refractivity contribution in [1.29, 1.82) is 0 Å². The van der Waals surface area contributed by atoms with Gasteiger partial charge in [-0.25, -0.2) is 0 Å². The van der Waals surface area contributed by atoms with Crippen molar-refractivity contribution in [3.8, 4) is 0 Å². The lowest BCUT2D eigenvalue weighted by Crippen LogP contribution is -2.51. The molecule has 2 heterocycles. The zero-order valence-electron chi connectivity index (χ0n) is 16.6. The number of amides is 3. The molecule has 3 amide bonds. The molecule has 2 aromatic rings. The van der Waals surface area contributed by atoms with E-state index in [1.807, 2.05) is 30.3 Å². The van der Waals surface area contributed by atoms with Gasteiger partial charge in [0.15, 0.2) is 5.69 Å². The summed E-state index contributed by atoms with van der Waals surface area (Å²) in [5, 5.41) is 11.7. The molecule has 0 spiro atoms. The third-order valence-electron chi connectivity index (χ3n) is 4.96. The van der Waals surface area contributed by atoms with Gasteiger partial charge in [0.25, 0.3) is 5.91 Å². The maximum absolute atomic E-state index is 12.9. The summed E-state index contributed by atoms with van der Waals surface area (Å²) in [7, 11) is 0. The zero-order valence-corrected chi connectivity index (χ0v) is 16.6. The Kier molecular flexibility index (Phi) is 6.95. The highest BCUT2D eigenvalue weighted by Gasteiger charge is 2.30. The summed E-state index contributed by atoms with van der Waals surface area (Å²) in [5.41, 5.74) is 0.903. The first-order valence-corrected chi connectivity index (χ1v) is 9.77. The van der Waals surface area contributed by atoms with Crippen molar-refractivity contribution in [3.63, 3.8) is 0 Å². The molecule has 1 fully saturated rings. The molecule has 1 aliphatic rings. The number of aryl methyl sites for hydroxylation is 1. The smallest absolute Gasteiger partial charge is 0.274 e. The summed E-state index contributed by atoms with van der Waals surface area (Å²) in [6.45, 7) is 2.22. The van der Waals surface area contributed by atoms with Crippen LogP contribution >= 0.6 is 0 Å². The van der Waals surface area contributed by atoms with Crippen LogP contribution in [0.15, 0.2) is 40.9 Å². The molecule has 0 unspecified atom stereocenters. The highest BCUT2D eigenvalue weighted by molar-refractivity contribution is 5.96. The van der Waals surface area contributed by atoms with Crippen LogP contribution in [0.4, 0.5) is 0 Å². The molecule has 0 radical (unpaired) electrons. The second-order valence-electron chi connectivity index (χ2n) is 7.30. The molecule has 1 saturated heterocycles. The Labute approximate surface area is 173 Å². The summed E-state index contributed by atoms with van der Waals surface area (Å²) >= 11 is 0. The average molecular weight is 412 g/mol. The minimum atomic E-state index is -0.934. The van der Waals surface area contributed by atoms with Crippen molar-refractivity contribution in [1.82, 2.24) is 21.1 Å². The summed E-state index contributed by atoms with van der Waals surface area (Å²) in [4.78, 5) is 48.7. The van der Waals surface area contributed by atoms with Gasteiger partial charge in [-0.1, -0.05) is 35.5 Å². The number of nitrogens with one attached hydrogen (secondary N) is 3. The number of aromatic nitrogens is 1. The number of aldehydes is 1. The molecule has 1 aliphatic heterocycles. The van der Waals surface area contributed by atoms with Gasteiger partial charge in [-0.15, -0.1) is 0 Å². The fourth-order valence-corrected chi connectivity index (χ4v) is 3.37. The number of carbonyl (C=O) groups is 4. The van der Waals surface area contributed by atoms with Gasteiger partial charge < -0.3 is 25.3 Å². The summed E-state index contributed by atoms with van der Waals surface area (Å²) in [6.07, 6.45) is 1.68. The Bertz CT molecular complexity index is 911. The van der Waals surface area contributed by atoms with E-state index >= 15 is 0 Å². The van der Waals surface area contributed by atoms with Crippen LogP contribution < -0.4 is 16.0 Å². The molecule has 9 heteroatoms. The predicted molar refractivity (Wildman–Crippen MR) is 106 cm³/mol. The maximum atomic E-state index is 12.9. The van der Waals surface area contributed by atoms with E-state index in [9.17, 15) is 19.2 Å². The van der Waals surface area contributed by atoms with Crippen LogP contribution in [0.1, 0.15) is 34.7 Å². The van der Waals surface area contributed by atoms with Gasteiger partial charge in [-0.3, -0.25) is 14.4 Å². The Morgan fingerprint density at radius 3 is 2.67 bits per heavy atom. The lowest BCUT2D eigenvalue weighted by atomic mass is 9.98. The Morgan fingerprint density at radius 2 is 2.07 bits per heavy atom. The number of benzene rings is 1. The van der Waals surface area contributed by atoms with E-state index in [2.05, 4.69) is 21.1 Å². The van der Waals surface area contributed by atoms with E-state index in [0.29, 0.717) is 25.0 Å². The Hall–Kier alpha value is -3.49. The van der Waals surface area contributed by atoms with Crippen LogP contribution in [-0.2, 0) is 20.8 Å². The first kappa shape index (κ1) is 21.2. The average Bonchev–Trinajstić information content (AvgIpc) is 3.35. The number of hydrogen-bond acceptors (Lipinski definition) is 6. The Morgan fingerprint density at radius 1 is 1.30 bits per heavy atom. The third kappa shape index (κ3) is 5.53. The molecule has 30 heavy (non-hydrogen) atoms. The zero-order chi connectivity index (χ0) is 21.5. The molecule has 1 aromatic carbocycles. The lowest BCUT2D eigenvalue weighted by molar-refractivity contribution is -0.127. The SMILES string of the molecule is Cc1cc(C(=O)N[C@@H](Cc2ccccc2)C(=O)N[C@H](C=O)C[C@@H]2CCNC2=O)no1. The summed E-state index contributed by atoms with van der Waals surface area (Å²) in [5.74, 6) is -1.03. The molecule has 0 aliphatic carbocycles. The predicted octanol–water partition coefficient (Wildman–Crippen LogP) is 0.534. The van der Waals surface area contributed by atoms with Crippen molar-refractivity contribution >= 4 is 24.0 Å². The first-order valence-electron chi connectivity index (χ1n) is 9.77. The highest BCUT2D eigenvalue weighted by Crippen LogP contribution is 2.16. The van der Waals surface area contributed by atoms with Crippen LogP contribution in [0.25, 0.3) is 0 Å². The van der Waals surface area contributed by atoms with E-state index in [4.69, 9.17) is 4.52 Å². The molecule has 3 N–H and O–H groups in total. The van der Waals surface area contributed by atoms with Gasteiger partial charge in [0, 0.05) is 24.9 Å². The molecule has 3 rings (SSSR count). The lowest BCUT2D eigenvalue weighted by Gasteiger charge is -2.21. The normalized spacial score (nSPS) is 17.6. The van der Waals surface area contributed by atoms with E-state index in [-0.39, 0.29) is 30.4 Å². The fourth-order valence-electron chi connectivity index (χ4n) is 3.37. The van der Waals surface area contributed by atoms with Gasteiger partial charge in [0.1, 0.15) is 18.1 Å². The molecular weight excluding hydrogens is 388 g/mol. The molecule has 1 aromatic heterocycles. The quantitative estimate of drug-likeness (QED) is 0.515. The van der Waals surface area contributed by atoms with E-state index in [1.165, 1.54) is 6.07 Å². The van der Waals surface area contributed by atoms with Gasteiger partial charge >= 0.3 is 0 Å². The van der Waals surface area contributed by atoms with Crippen molar-refractivity contribution in [2.24, 2.45) is 5.92 Å². The van der Waals surface area contributed by atoms with Crippen LogP contribution in [0.5, 0.6) is 0 Å². The number of hydrogen-bond donors (Lipinski definition) is 3. The maximum Gasteiger partial charge on any atom is 0.274 e. The number of rotatable bonds is 9. The highest BCUT2D eigenvalue weighted by atomic mass is 16.5. The molecule has 158 valence electrons. The van der Waals surface area contributed by atoms with Gasteiger partial charge in [0.2, 0.25) is 11.8 Å². The molecule has 9 nitrogen and oxygen atoms in total. The van der Waals surface area contributed by atoms with Crippen LogP contribution in [0.2, 0.25) is 0 Å². The van der Waals surface area contributed by atoms with Crippen molar-refractivity contribution in [2.45, 2.75) is 38.3 Å². The van der Waals surface area contributed by atoms with Gasteiger partial charge in [0.05, 0.1) is 6.04 Å². The van der Waals surface area contributed by atoms with Crippen LogP contribution in [0.3, 0.4) is 0 Å². The van der Waals surface area contributed by atoms with Crippen LogP contribution in [-0.4, -0.2) is 47.8 Å². The first-order chi connectivity index (χ1) is 14.5. The van der Waals surface area contributed by atoms with E-state index in [1.54, 1.807) is 6.92 Å². The van der Waals surface area contributed by atoms with Crippen molar-refractivity contribution in [3.05, 3.63) is 53.4 Å². The van der Waals surface area contributed by atoms with Gasteiger partial charge in [-0.05, 0) is 25.3 Å². The van der Waals surface area contributed by atoms with Crippen molar-refractivity contribution in [2.75, 3.05) is 6.54 Å². The standard InChI is InChI=1S/C21H24N4O5/c1-13-9-18(25-30-13)21(29)24-17(10-14-5-3-2-4-6-14)20(28)23-16(12-26)11-15-7-8-22-19(15)27/h2-6,9,12,15-17H,7-8,10-11H2,1H3,(H,22,27)(H,23,28)(H,24,29)/t15-,16-,17-/m0/s1. The minimum absolute atomic E-state index is 0.0629. The fraction of sp³-hybridized carbons (Fsp3) is 0.381. The summed E-state index contributed by atoms with van der Waals surface area (Å²) in [6, 6.07) is 8.91. The molecular formula is C21H24N4O5. The minimum Gasteiger partial charge on any atom is -0.361 e. The molecule has 0 saturated carbocycles. The third-order valence-corrected chi connectivity index (χ3v) is 4.96. The van der Waals surface area contributed by atoms with E-state index in [0.717, 1.165) is 5.56 Å². The second-order valence-corrected chi connectivity index (χ2v) is 7.30. The summed E-state index contributed by atoms with van der Waals surface area (Å²) < 4.78 is 4.92. The number of nitrogens with zero attached hydrogens (tertiary/aromatic N) is 1. The van der Waals surface area contributed by atoms with Crippen molar-refractivity contribution < 1.29 is 23.7 Å².